The van der Waals surface area contributed by atoms with Gasteiger partial charge in [-0.2, -0.15) is 0 Å². The van der Waals surface area contributed by atoms with Crippen LogP contribution in [0.5, 0.6) is 5.88 Å². The fourth-order valence-corrected chi connectivity index (χ4v) is 2.25. The van der Waals surface area contributed by atoms with E-state index in [2.05, 4.69) is 10.3 Å². The SMILES string of the molecule is CCOc1ncccc1CNC(=O)c1ccc(SC)cc1. The van der Waals surface area contributed by atoms with E-state index in [-0.39, 0.29) is 5.91 Å². The fourth-order valence-electron chi connectivity index (χ4n) is 1.85. The average molecular weight is 302 g/mol. The van der Waals surface area contributed by atoms with Gasteiger partial charge in [0.1, 0.15) is 0 Å². The Balaban J connectivity index is 2.00. The van der Waals surface area contributed by atoms with Gasteiger partial charge in [0.2, 0.25) is 5.88 Å². The zero-order valence-corrected chi connectivity index (χ0v) is 12.9. The minimum atomic E-state index is -0.103. The van der Waals surface area contributed by atoms with E-state index >= 15 is 0 Å². The van der Waals surface area contributed by atoms with Crippen LogP contribution in [0.25, 0.3) is 0 Å². The van der Waals surface area contributed by atoms with E-state index in [1.165, 1.54) is 0 Å². The quantitative estimate of drug-likeness (QED) is 0.833. The lowest BCUT2D eigenvalue weighted by Crippen LogP contribution is -2.23. The summed E-state index contributed by atoms with van der Waals surface area (Å²) in [5, 5.41) is 2.89. The number of carbonyl (C=O) groups excluding carboxylic acids is 1. The number of ether oxygens (including phenoxy) is 1. The first kappa shape index (κ1) is 15.4. The number of benzene rings is 1. The largest absolute Gasteiger partial charge is 0.478 e. The van der Waals surface area contributed by atoms with Crippen LogP contribution in [0.2, 0.25) is 0 Å². The van der Waals surface area contributed by atoms with Crippen molar-refractivity contribution in [2.75, 3.05) is 12.9 Å². The molecular formula is C16H18N2O2S. The van der Waals surface area contributed by atoms with Crippen LogP contribution in [0.1, 0.15) is 22.8 Å². The number of nitrogens with one attached hydrogen (secondary N) is 1. The number of hydrogen-bond donors (Lipinski definition) is 1. The predicted octanol–water partition coefficient (Wildman–Crippen LogP) is 3.13. The lowest BCUT2D eigenvalue weighted by atomic mass is 10.2. The van der Waals surface area contributed by atoms with Crippen molar-refractivity contribution in [2.24, 2.45) is 0 Å². The van der Waals surface area contributed by atoms with E-state index in [0.29, 0.717) is 24.6 Å². The molecule has 2 aromatic rings. The molecule has 0 aliphatic heterocycles. The van der Waals surface area contributed by atoms with Gasteiger partial charge in [0, 0.05) is 28.8 Å². The minimum Gasteiger partial charge on any atom is -0.478 e. The number of hydrogen-bond acceptors (Lipinski definition) is 4. The Kier molecular flexibility index (Phi) is 5.63. The summed E-state index contributed by atoms with van der Waals surface area (Å²) in [5.41, 5.74) is 1.52. The van der Waals surface area contributed by atoms with Crippen molar-refractivity contribution < 1.29 is 9.53 Å². The number of nitrogens with zero attached hydrogens (tertiary/aromatic N) is 1. The van der Waals surface area contributed by atoms with E-state index in [0.717, 1.165) is 10.5 Å². The fraction of sp³-hybridized carbons (Fsp3) is 0.250. The van der Waals surface area contributed by atoms with Gasteiger partial charge in [0.05, 0.1) is 6.61 Å². The van der Waals surface area contributed by atoms with E-state index < -0.39 is 0 Å². The highest BCUT2D eigenvalue weighted by atomic mass is 32.2. The molecule has 0 saturated carbocycles. The molecule has 1 aromatic heterocycles. The van der Waals surface area contributed by atoms with Crippen LogP contribution < -0.4 is 10.1 Å². The van der Waals surface area contributed by atoms with Gasteiger partial charge in [-0.1, -0.05) is 6.07 Å². The molecule has 0 spiro atoms. The number of aromatic nitrogens is 1. The minimum absolute atomic E-state index is 0.103. The van der Waals surface area contributed by atoms with Crippen molar-refractivity contribution in [3.8, 4) is 5.88 Å². The summed E-state index contributed by atoms with van der Waals surface area (Å²) in [6, 6.07) is 11.3. The van der Waals surface area contributed by atoms with E-state index in [4.69, 9.17) is 4.74 Å². The van der Waals surface area contributed by atoms with Crippen LogP contribution in [-0.4, -0.2) is 23.8 Å². The molecule has 0 aliphatic rings. The van der Waals surface area contributed by atoms with Crippen LogP contribution in [0.15, 0.2) is 47.5 Å². The maximum atomic E-state index is 12.1. The second-order valence-corrected chi connectivity index (χ2v) is 5.19. The molecule has 5 heteroatoms. The van der Waals surface area contributed by atoms with Crippen LogP contribution >= 0.6 is 11.8 Å². The van der Waals surface area contributed by atoms with Crippen molar-refractivity contribution in [3.05, 3.63) is 53.7 Å². The summed E-state index contributed by atoms with van der Waals surface area (Å²) >= 11 is 1.65. The maximum absolute atomic E-state index is 12.1. The Morgan fingerprint density at radius 1 is 1.29 bits per heavy atom. The molecule has 1 N–H and O–H groups in total. The summed E-state index contributed by atoms with van der Waals surface area (Å²) < 4.78 is 5.44. The summed E-state index contributed by atoms with van der Waals surface area (Å²) in [5.74, 6) is 0.465. The summed E-state index contributed by atoms with van der Waals surface area (Å²) in [7, 11) is 0. The van der Waals surface area contributed by atoms with Gasteiger partial charge in [-0.15, -0.1) is 11.8 Å². The molecular weight excluding hydrogens is 284 g/mol. The molecule has 0 atom stereocenters. The molecule has 110 valence electrons. The number of pyridine rings is 1. The number of rotatable bonds is 6. The normalized spacial score (nSPS) is 10.2. The molecule has 1 heterocycles. The highest BCUT2D eigenvalue weighted by Gasteiger charge is 2.08. The Morgan fingerprint density at radius 3 is 2.71 bits per heavy atom. The molecule has 0 aliphatic carbocycles. The smallest absolute Gasteiger partial charge is 0.251 e. The second kappa shape index (κ2) is 7.69. The molecule has 1 amide bonds. The average Bonchev–Trinajstić information content (AvgIpc) is 2.54. The Bertz CT molecular complexity index is 599. The standard InChI is InChI=1S/C16H18N2O2S/c1-3-20-16-13(5-4-10-17-16)11-18-15(19)12-6-8-14(21-2)9-7-12/h4-10H,3,11H2,1-2H3,(H,18,19). The highest BCUT2D eigenvalue weighted by molar-refractivity contribution is 7.98. The first-order chi connectivity index (χ1) is 10.2. The third-order valence-corrected chi connectivity index (χ3v) is 3.67. The summed E-state index contributed by atoms with van der Waals surface area (Å²) in [4.78, 5) is 17.4. The van der Waals surface area contributed by atoms with Gasteiger partial charge in [-0.05, 0) is 43.5 Å². The van der Waals surface area contributed by atoms with Crippen molar-refractivity contribution in [2.45, 2.75) is 18.4 Å². The number of thioether (sulfide) groups is 1. The molecule has 0 fully saturated rings. The van der Waals surface area contributed by atoms with E-state index in [1.54, 1.807) is 18.0 Å². The molecule has 4 nitrogen and oxygen atoms in total. The van der Waals surface area contributed by atoms with Crippen molar-refractivity contribution in [1.29, 1.82) is 0 Å². The zero-order valence-electron chi connectivity index (χ0n) is 12.1. The van der Waals surface area contributed by atoms with E-state index in [9.17, 15) is 4.79 Å². The van der Waals surface area contributed by atoms with Gasteiger partial charge in [0.25, 0.3) is 5.91 Å². The van der Waals surface area contributed by atoms with Gasteiger partial charge in [-0.25, -0.2) is 4.98 Å². The first-order valence-corrected chi connectivity index (χ1v) is 7.96. The monoisotopic (exact) mass is 302 g/mol. The van der Waals surface area contributed by atoms with Gasteiger partial charge >= 0.3 is 0 Å². The Labute approximate surface area is 128 Å². The molecule has 2 rings (SSSR count). The van der Waals surface area contributed by atoms with Crippen LogP contribution in [0, 0.1) is 0 Å². The third kappa shape index (κ3) is 4.23. The molecule has 0 unspecified atom stereocenters. The molecule has 21 heavy (non-hydrogen) atoms. The van der Waals surface area contributed by atoms with Crippen molar-refractivity contribution in [3.63, 3.8) is 0 Å². The van der Waals surface area contributed by atoms with Crippen molar-refractivity contribution >= 4 is 17.7 Å². The molecule has 0 radical (unpaired) electrons. The first-order valence-electron chi connectivity index (χ1n) is 6.73. The Morgan fingerprint density at radius 2 is 2.05 bits per heavy atom. The van der Waals surface area contributed by atoms with Crippen LogP contribution in [0.3, 0.4) is 0 Å². The van der Waals surface area contributed by atoms with Gasteiger partial charge in [-0.3, -0.25) is 4.79 Å². The molecule has 0 saturated heterocycles. The summed E-state index contributed by atoms with van der Waals surface area (Å²) in [6.07, 6.45) is 3.68. The lowest BCUT2D eigenvalue weighted by Gasteiger charge is -2.10. The highest BCUT2D eigenvalue weighted by Crippen LogP contribution is 2.16. The Hall–Kier alpha value is -2.01. The molecule has 1 aromatic carbocycles. The van der Waals surface area contributed by atoms with Crippen LogP contribution in [0.4, 0.5) is 0 Å². The number of amides is 1. The summed E-state index contributed by atoms with van der Waals surface area (Å²) in [6.45, 7) is 2.85. The van der Waals surface area contributed by atoms with Gasteiger partial charge in [0.15, 0.2) is 0 Å². The third-order valence-electron chi connectivity index (χ3n) is 2.92. The van der Waals surface area contributed by atoms with E-state index in [1.807, 2.05) is 49.6 Å². The van der Waals surface area contributed by atoms with Crippen molar-refractivity contribution in [1.82, 2.24) is 10.3 Å². The predicted molar refractivity (Wildman–Crippen MR) is 84.8 cm³/mol. The van der Waals surface area contributed by atoms with Gasteiger partial charge < -0.3 is 10.1 Å². The lowest BCUT2D eigenvalue weighted by molar-refractivity contribution is 0.0950. The van der Waals surface area contributed by atoms with Crippen LogP contribution in [-0.2, 0) is 6.54 Å². The molecule has 0 bridgehead atoms. The number of carbonyl (C=O) groups is 1. The maximum Gasteiger partial charge on any atom is 0.251 e. The zero-order chi connectivity index (χ0) is 15.1. The topological polar surface area (TPSA) is 51.2 Å². The second-order valence-electron chi connectivity index (χ2n) is 4.31.